The molecule has 0 spiro atoms. The van der Waals surface area contributed by atoms with Crippen LogP contribution in [0.3, 0.4) is 0 Å². The molecule has 0 heterocycles. The fraction of sp³-hybridized carbons (Fsp3) is 0.667. The molecule has 7 heteroatoms. The predicted molar refractivity (Wildman–Crippen MR) is 63.1 cm³/mol. The van der Waals surface area contributed by atoms with Crippen LogP contribution in [-0.4, -0.2) is 47.8 Å². The third-order valence-corrected chi connectivity index (χ3v) is 4.63. The lowest BCUT2D eigenvalue weighted by Crippen LogP contribution is -2.42. The Balaban J connectivity index is 0. The number of carboxylic acid groups (broad SMARTS) is 1. The van der Waals surface area contributed by atoms with Crippen LogP contribution >= 0.6 is 0 Å². The average molecular weight is 251 g/mol. The van der Waals surface area contributed by atoms with Crippen LogP contribution in [0.25, 0.3) is 0 Å². The van der Waals surface area contributed by atoms with Crippen molar-refractivity contribution in [1.29, 1.82) is 0 Å². The molecule has 3 N–H and O–H groups in total. The van der Waals surface area contributed by atoms with E-state index in [1.54, 1.807) is 21.3 Å². The standard InChI is InChI=1S/C6H17NO3Si.C3H4O2/c1-8-11(9-2,10-3)6-4-5-7;1-2-3(4)5/h4-7H2,1-3H3;2H,1H2,(H,4,5). The van der Waals surface area contributed by atoms with Crippen LogP contribution in [0.15, 0.2) is 12.7 Å². The van der Waals surface area contributed by atoms with Gasteiger partial charge in [0.2, 0.25) is 0 Å². The van der Waals surface area contributed by atoms with E-state index < -0.39 is 14.8 Å². The van der Waals surface area contributed by atoms with E-state index in [0.717, 1.165) is 18.5 Å². The Morgan fingerprint density at radius 1 is 1.38 bits per heavy atom. The van der Waals surface area contributed by atoms with E-state index in [9.17, 15) is 4.79 Å². The first-order chi connectivity index (χ1) is 7.51. The van der Waals surface area contributed by atoms with Gasteiger partial charge in [0.15, 0.2) is 0 Å². The third kappa shape index (κ3) is 8.57. The van der Waals surface area contributed by atoms with Crippen molar-refractivity contribution < 1.29 is 23.2 Å². The molecule has 0 aromatic rings. The van der Waals surface area contributed by atoms with Gasteiger partial charge in [0, 0.05) is 33.4 Å². The molecule has 0 saturated heterocycles. The lowest BCUT2D eigenvalue weighted by molar-refractivity contribution is -0.131. The number of hydrogen-bond donors (Lipinski definition) is 2. The summed E-state index contributed by atoms with van der Waals surface area (Å²) in [5, 5.41) is 7.60. The molecular weight excluding hydrogens is 230 g/mol. The maximum absolute atomic E-state index is 9.25. The SMILES string of the molecule is C=CC(=O)O.CO[Si](CCCN)(OC)OC. The number of rotatable bonds is 7. The molecule has 0 radical (unpaired) electrons. The van der Waals surface area contributed by atoms with Gasteiger partial charge in [-0.3, -0.25) is 0 Å². The van der Waals surface area contributed by atoms with Crippen molar-refractivity contribution >= 4 is 14.8 Å². The Kier molecular flexibility index (Phi) is 11.9. The molecule has 0 amide bonds. The molecule has 0 aromatic carbocycles. The van der Waals surface area contributed by atoms with Crippen molar-refractivity contribution in [3.05, 3.63) is 12.7 Å². The van der Waals surface area contributed by atoms with Gasteiger partial charge in [0.05, 0.1) is 0 Å². The molecule has 6 nitrogen and oxygen atoms in total. The molecule has 0 bridgehead atoms. The molecule has 0 unspecified atom stereocenters. The van der Waals surface area contributed by atoms with Crippen LogP contribution in [-0.2, 0) is 18.1 Å². The fourth-order valence-corrected chi connectivity index (χ4v) is 2.62. The van der Waals surface area contributed by atoms with Gasteiger partial charge in [-0.25, -0.2) is 4.79 Å². The van der Waals surface area contributed by atoms with Gasteiger partial charge in [-0.05, 0) is 13.0 Å². The lowest BCUT2D eigenvalue weighted by Gasteiger charge is -2.23. The van der Waals surface area contributed by atoms with E-state index >= 15 is 0 Å². The maximum Gasteiger partial charge on any atom is 0.500 e. The molecule has 96 valence electrons. The van der Waals surface area contributed by atoms with Crippen molar-refractivity contribution in [2.75, 3.05) is 27.9 Å². The van der Waals surface area contributed by atoms with E-state index in [1.165, 1.54) is 0 Å². The first kappa shape index (κ1) is 17.7. The lowest BCUT2D eigenvalue weighted by atomic mass is 10.5. The van der Waals surface area contributed by atoms with Gasteiger partial charge in [-0.15, -0.1) is 0 Å². The van der Waals surface area contributed by atoms with E-state index in [-0.39, 0.29) is 0 Å². The molecule has 0 atom stereocenters. The summed E-state index contributed by atoms with van der Waals surface area (Å²) in [4.78, 5) is 9.25. The zero-order chi connectivity index (χ0) is 13.0. The van der Waals surface area contributed by atoms with Crippen molar-refractivity contribution in [1.82, 2.24) is 0 Å². The Morgan fingerprint density at radius 3 is 1.94 bits per heavy atom. The number of carboxylic acids is 1. The Morgan fingerprint density at radius 2 is 1.75 bits per heavy atom. The maximum atomic E-state index is 9.25. The summed E-state index contributed by atoms with van der Waals surface area (Å²) in [7, 11) is 2.50. The summed E-state index contributed by atoms with van der Waals surface area (Å²) < 4.78 is 15.5. The minimum atomic E-state index is -2.32. The second-order valence-electron chi connectivity index (χ2n) is 2.73. The number of nitrogens with two attached hydrogens (primary N) is 1. The molecule has 0 aromatic heterocycles. The summed E-state index contributed by atoms with van der Waals surface area (Å²) in [5.41, 5.74) is 5.36. The highest BCUT2D eigenvalue weighted by molar-refractivity contribution is 6.60. The molecule has 0 aliphatic rings. The molecule has 16 heavy (non-hydrogen) atoms. The van der Waals surface area contributed by atoms with Crippen LogP contribution < -0.4 is 5.73 Å². The Bertz CT molecular complexity index is 188. The zero-order valence-electron chi connectivity index (χ0n) is 10.1. The number of aliphatic carboxylic acids is 1. The first-order valence-electron chi connectivity index (χ1n) is 4.72. The van der Waals surface area contributed by atoms with Gasteiger partial charge >= 0.3 is 14.8 Å². The summed E-state index contributed by atoms with van der Waals surface area (Å²) in [6.07, 6.45) is 1.71. The zero-order valence-corrected chi connectivity index (χ0v) is 11.1. The van der Waals surface area contributed by atoms with E-state index in [0.29, 0.717) is 6.54 Å². The largest absolute Gasteiger partial charge is 0.500 e. The van der Waals surface area contributed by atoms with Crippen molar-refractivity contribution in [3.63, 3.8) is 0 Å². The molecule has 0 aliphatic carbocycles. The highest BCUT2D eigenvalue weighted by Gasteiger charge is 2.36. The van der Waals surface area contributed by atoms with Crippen molar-refractivity contribution in [2.24, 2.45) is 5.73 Å². The minimum absolute atomic E-state index is 0.644. The number of hydrogen-bond acceptors (Lipinski definition) is 5. The third-order valence-electron chi connectivity index (χ3n) is 1.79. The molecular formula is C9H21NO5Si. The van der Waals surface area contributed by atoms with Crippen molar-refractivity contribution in [3.8, 4) is 0 Å². The van der Waals surface area contributed by atoms with E-state index in [1.807, 2.05) is 0 Å². The van der Waals surface area contributed by atoms with E-state index in [4.69, 9.17) is 24.1 Å². The average Bonchev–Trinajstić information content (AvgIpc) is 2.32. The highest BCUT2D eigenvalue weighted by atomic mass is 28.4. The topological polar surface area (TPSA) is 91.0 Å². The molecule has 0 saturated carbocycles. The normalized spacial score (nSPS) is 10.2. The van der Waals surface area contributed by atoms with Crippen molar-refractivity contribution in [2.45, 2.75) is 12.5 Å². The van der Waals surface area contributed by atoms with Gasteiger partial charge in [0.1, 0.15) is 0 Å². The molecule has 0 rings (SSSR count). The first-order valence-corrected chi connectivity index (χ1v) is 6.66. The quantitative estimate of drug-likeness (QED) is 0.505. The van der Waals surface area contributed by atoms with Crippen LogP contribution in [0, 0.1) is 0 Å². The monoisotopic (exact) mass is 251 g/mol. The second-order valence-corrected chi connectivity index (χ2v) is 5.82. The van der Waals surface area contributed by atoms with Gasteiger partial charge in [-0.1, -0.05) is 6.58 Å². The minimum Gasteiger partial charge on any atom is -0.478 e. The Hall–Kier alpha value is -0.733. The van der Waals surface area contributed by atoms with Crippen LogP contribution in [0.2, 0.25) is 6.04 Å². The molecule has 0 aliphatic heterocycles. The molecule has 0 fully saturated rings. The highest BCUT2D eigenvalue weighted by Crippen LogP contribution is 2.13. The van der Waals surface area contributed by atoms with Crippen LogP contribution in [0.5, 0.6) is 0 Å². The summed E-state index contributed by atoms with van der Waals surface area (Å²) in [5.74, 6) is -0.981. The van der Waals surface area contributed by atoms with E-state index in [2.05, 4.69) is 6.58 Å². The summed E-state index contributed by atoms with van der Waals surface area (Å²) in [6, 6.07) is 0.785. The van der Waals surface area contributed by atoms with Crippen LogP contribution in [0.4, 0.5) is 0 Å². The summed E-state index contributed by atoms with van der Waals surface area (Å²) >= 11 is 0. The predicted octanol–water partition coefficient (Wildman–Crippen LogP) is 0.470. The van der Waals surface area contributed by atoms with Gasteiger partial charge < -0.3 is 24.1 Å². The van der Waals surface area contributed by atoms with Gasteiger partial charge in [0.25, 0.3) is 0 Å². The second kappa shape index (κ2) is 10.8. The smallest absolute Gasteiger partial charge is 0.478 e. The summed E-state index contributed by atoms with van der Waals surface area (Å²) in [6.45, 7) is 3.60. The number of carbonyl (C=O) groups is 1. The van der Waals surface area contributed by atoms with Gasteiger partial charge in [-0.2, -0.15) is 0 Å². The van der Waals surface area contributed by atoms with Crippen LogP contribution in [0.1, 0.15) is 6.42 Å². The fourth-order valence-electron chi connectivity index (χ4n) is 0.875. The Labute approximate surface area is 97.4 Å².